The van der Waals surface area contributed by atoms with Gasteiger partial charge in [0.2, 0.25) is 0 Å². The molecule has 0 saturated heterocycles. The molecular weight excluding hydrogens is 220 g/mol. The lowest BCUT2D eigenvalue weighted by Crippen LogP contribution is -2.08. The van der Waals surface area contributed by atoms with E-state index in [9.17, 15) is 4.79 Å². The van der Waals surface area contributed by atoms with Crippen LogP contribution in [0.4, 0.5) is 0 Å². The normalized spacial score (nSPS) is 10.1. The Labute approximate surface area is 91.2 Å². The highest BCUT2D eigenvalue weighted by Crippen LogP contribution is 2.17. The molecule has 78 valence electrons. The summed E-state index contributed by atoms with van der Waals surface area (Å²) in [6, 6.07) is 0. The maximum atomic E-state index is 11.1. The highest BCUT2D eigenvalue weighted by molar-refractivity contribution is 8.01. The van der Waals surface area contributed by atoms with E-state index in [0.717, 1.165) is 17.2 Å². The van der Waals surface area contributed by atoms with Crippen molar-refractivity contribution in [2.24, 2.45) is 0 Å². The van der Waals surface area contributed by atoms with Crippen molar-refractivity contribution in [2.75, 3.05) is 12.4 Å². The third kappa shape index (κ3) is 4.57. The van der Waals surface area contributed by atoms with Gasteiger partial charge in [-0.2, -0.15) is 4.37 Å². The number of rotatable bonds is 6. The van der Waals surface area contributed by atoms with E-state index in [4.69, 9.17) is 4.74 Å². The van der Waals surface area contributed by atoms with Crippen LogP contribution in [0, 0.1) is 0 Å². The molecule has 0 saturated carbocycles. The zero-order valence-electron chi connectivity index (χ0n) is 7.93. The standard InChI is InChI=1S/C8H12N2O2S2/c1-2-3-4-12-7(11)5-13-8-9-6-10-14-8/h6H,2-5H2,1H3. The molecule has 0 aliphatic rings. The summed E-state index contributed by atoms with van der Waals surface area (Å²) in [5.41, 5.74) is 0. The van der Waals surface area contributed by atoms with Crippen molar-refractivity contribution >= 4 is 29.3 Å². The Kier molecular flexibility index (Phi) is 5.55. The quantitative estimate of drug-likeness (QED) is 0.426. The van der Waals surface area contributed by atoms with Crippen LogP contribution < -0.4 is 0 Å². The zero-order valence-corrected chi connectivity index (χ0v) is 9.57. The summed E-state index contributed by atoms with van der Waals surface area (Å²) in [7, 11) is 0. The van der Waals surface area contributed by atoms with E-state index in [1.807, 2.05) is 0 Å². The Morgan fingerprint density at radius 1 is 1.71 bits per heavy atom. The van der Waals surface area contributed by atoms with Gasteiger partial charge in [-0.25, -0.2) is 4.98 Å². The molecule has 0 unspecified atom stereocenters. The van der Waals surface area contributed by atoms with E-state index in [2.05, 4.69) is 16.3 Å². The van der Waals surface area contributed by atoms with Crippen LogP contribution in [0.25, 0.3) is 0 Å². The van der Waals surface area contributed by atoms with E-state index in [-0.39, 0.29) is 5.97 Å². The van der Waals surface area contributed by atoms with Gasteiger partial charge in [0.05, 0.1) is 12.4 Å². The van der Waals surface area contributed by atoms with Gasteiger partial charge in [0.15, 0.2) is 4.34 Å². The summed E-state index contributed by atoms with van der Waals surface area (Å²) in [6.45, 7) is 2.58. The minimum absolute atomic E-state index is 0.182. The van der Waals surface area contributed by atoms with E-state index in [0.29, 0.717) is 12.4 Å². The number of nitrogens with zero attached hydrogens (tertiary/aromatic N) is 2. The van der Waals surface area contributed by atoms with Gasteiger partial charge in [-0.05, 0) is 18.0 Å². The number of thioether (sulfide) groups is 1. The second-order valence-electron chi connectivity index (χ2n) is 2.57. The number of carbonyl (C=O) groups is 1. The topological polar surface area (TPSA) is 52.1 Å². The first-order chi connectivity index (χ1) is 6.83. The zero-order chi connectivity index (χ0) is 10.2. The first-order valence-corrected chi connectivity index (χ1v) is 6.14. The molecule has 0 spiro atoms. The number of hydrogen-bond acceptors (Lipinski definition) is 6. The third-order valence-corrected chi connectivity index (χ3v) is 3.19. The number of hydrogen-bond donors (Lipinski definition) is 0. The molecule has 0 radical (unpaired) electrons. The van der Waals surface area contributed by atoms with E-state index in [1.165, 1.54) is 29.6 Å². The van der Waals surface area contributed by atoms with Gasteiger partial charge in [0, 0.05) is 0 Å². The van der Waals surface area contributed by atoms with E-state index in [1.54, 1.807) is 0 Å². The summed E-state index contributed by atoms with van der Waals surface area (Å²) in [5, 5.41) is 0. The molecule has 1 heterocycles. The van der Waals surface area contributed by atoms with Crippen molar-refractivity contribution in [2.45, 2.75) is 24.1 Å². The maximum absolute atomic E-state index is 11.1. The minimum atomic E-state index is -0.182. The molecule has 1 aromatic rings. The molecular formula is C8H12N2O2S2. The van der Waals surface area contributed by atoms with Crippen LogP contribution in [0.5, 0.6) is 0 Å². The van der Waals surface area contributed by atoms with Crippen LogP contribution in [-0.4, -0.2) is 27.7 Å². The van der Waals surface area contributed by atoms with Crippen molar-refractivity contribution in [1.82, 2.24) is 9.36 Å². The molecule has 0 bridgehead atoms. The third-order valence-electron chi connectivity index (χ3n) is 1.42. The molecule has 4 nitrogen and oxygen atoms in total. The lowest BCUT2D eigenvalue weighted by atomic mass is 10.4. The Bertz CT molecular complexity index is 264. The van der Waals surface area contributed by atoms with Crippen LogP contribution in [0.3, 0.4) is 0 Å². The molecule has 1 aromatic heterocycles. The fourth-order valence-corrected chi connectivity index (χ4v) is 1.96. The van der Waals surface area contributed by atoms with Crippen molar-refractivity contribution in [3.63, 3.8) is 0 Å². The van der Waals surface area contributed by atoms with Crippen molar-refractivity contribution in [3.05, 3.63) is 6.33 Å². The van der Waals surface area contributed by atoms with Crippen molar-refractivity contribution < 1.29 is 9.53 Å². The van der Waals surface area contributed by atoms with E-state index >= 15 is 0 Å². The second kappa shape index (κ2) is 6.78. The highest BCUT2D eigenvalue weighted by Gasteiger charge is 2.05. The first-order valence-electron chi connectivity index (χ1n) is 4.38. The average molecular weight is 232 g/mol. The molecule has 0 N–H and O–H groups in total. The molecule has 0 aliphatic heterocycles. The average Bonchev–Trinajstić information content (AvgIpc) is 2.68. The van der Waals surface area contributed by atoms with Gasteiger partial charge in [0.25, 0.3) is 0 Å². The summed E-state index contributed by atoms with van der Waals surface area (Å²) >= 11 is 2.65. The molecule has 1 rings (SSSR count). The van der Waals surface area contributed by atoms with Gasteiger partial charge in [-0.1, -0.05) is 25.1 Å². The Morgan fingerprint density at radius 2 is 2.57 bits per heavy atom. The number of ether oxygens (including phenoxy) is 1. The maximum Gasteiger partial charge on any atom is 0.316 e. The second-order valence-corrected chi connectivity index (χ2v) is 4.57. The van der Waals surface area contributed by atoms with Gasteiger partial charge >= 0.3 is 5.97 Å². The largest absolute Gasteiger partial charge is 0.465 e. The van der Waals surface area contributed by atoms with Crippen LogP contribution >= 0.6 is 23.3 Å². The van der Waals surface area contributed by atoms with Crippen molar-refractivity contribution in [3.8, 4) is 0 Å². The Balaban J connectivity index is 2.09. The van der Waals surface area contributed by atoms with E-state index < -0.39 is 0 Å². The molecule has 0 fully saturated rings. The van der Waals surface area contributed by atoms with Gasteiger partial charge in [-0.3, -0.25) is 4.79 Å². The minimum Gasteiger partial charge on any atom is -0.465 e. The lowest BCUT2D eigenvalue weighted by Gasteiger charge is -2.01. The number of carbonyl (C=O) groups excluding carboxylic acids is 1. The number of aromatic nitrogens is 2. The summed E-state index contributed by atoms with van der Waals surface area (Å²) in [5.74, 6) is 0.137. The predicted molar refractivity (Wildman–Crippen MR) is 56.5 cm³/mol. The van der Waals surface area contributed by atoms with Gasteiger partial charge in [0.1, 0.15) is 6.33 Å². The number of unbranched alkanes of at least 4 members (excludes halogenated alkanes) is 1. The summed E-state index contributed by atoms with van der Waals surface area (Å²) in [6.07, 6.45) is 3.45. The molecule has 0 aliphatic carbocycles. The lowest BCUT2D eigenvalue weighted by molar-refractivity contribution is -0.140. The first kappa shape index (κ1) is 11.5. The molecule has 0 amide bonds. The van der Waals surface area contributed by atoms with Crippen LogP contribution in [0.1, 0.15) is 19.8 Å². The summed E-state index contributed by atoms with van der Waals surface area (Å²) < 4.78 is 9.61. The predicted octanol–water partition coefficient (Wildman–Crippen LogP) is 1.97. The Morgan fingerprint density at radius 3 is 3.21 bits per heavy atom. The Hall–Kier alpha value is -0.620. The van der Waals surface area contributed by atoms with Crippen LogP contribution in [0.15, 0.2) is 10.7 Å². The molecule has 14 heavy (non-hydrogen) atoms. The van der Waals surface area contributed by atoms with Gasteiger partial charge in [-0.15, -0.1) is 0 Å². The highest BCUT2D eigenvalue weighted by atomic mass is 32.2. The van der Waals surface area contributed by atoms with Crippen LogP contribution in [0.2, 0.25) is 0 Å². The smallest absolute Gasteiger partial charge is 0.316 e. The molecule has 0 atom stereocenters. The SMILES string of the molecule is CCCCOC(=O)CSc1ncns1. The molecule has 6 heteroatoms. The van der Waals surface area contributed by atoms with Crippen LogP contribution in [-0.2, 0) is 9.53 Å². The fourth-order valence-electron chi connectivity index (χ4n) is 0.719. The monoisotopic (exact) mass is 232 g/mol. The number of esters is 1. The summed E-state index contributed by atoms with van der Waals surface area (Å²) in [4.78, 5) is 15.1. The van der Waals surface area contributed by atoms with Gasteiger partial charge < -0.3 is 4.74 Å². The fraction of sp³-hybridized carbons (Fsp3) is 0.625. The molecule has 0 aromatic carbocycles. The van der Waals surface area contributed by atoms with Crippen molar-refractivity contribution in [1.29, 1.82) is 0 Å².